The van der Waals surface area contributed by atoms with Gasteiger partial charge < -0.3 is 81.4 Å². The molecule has 3 aromatic heterocycles. The third-order valence-electron chi connectivity index (χ3n) is 21.5. The van der Waals surface area contributed by atoms with Gasteiger partial charge in [0.25, 0.3) is 0 Å². The molecule has 0 saturated carbocycles. The summed E-state index contributed by atoms with van der Waals surface area (Å²) in [7, 11) is 9.04. The van der Waals surface area contributed by atoms with E-state index in [1.807, 2.05) is 83.0 Å². The number of aliphatic hydroxyl groups excluding tert-OH is 4. The first-order chi connectivity index (χ1) is 56.7. The number of fused-ring (bicyclic) bond motifs is 18. The molecule has 17 rings (SSSR count). The van der Waals surface area contributed by atoms with Crippen LogP contribution >= 0.6 is 0 Å². The van der Waals surface area contributed by atoms with E-state index < -0.39 is 89.9 Å². The summed E-state index contributed by atoms with van der Waals surface area (Å²) < 4.78 is 97.4. The van der Waals surface area contributed by atoms with Gasteiger partial charge in [-0.25, -0.2) is 23.2 Å². The molecule has 123 heavy (non-hydrogen) atoms. The molecule has 17 atom stereocenters. The Labute approximate surface area is 721 Å². The quantitative estimate of drug-likeness (QED) is 0.0747. The van der Waals surface area contributed by atoms with Crippen LogP contribution in [0, 0.1) is 0 Å². The number of halogens is 2. The lowest BCUT2D eigenvalue weighted by Gasteiger charge is -2.47. The van der Waals surface area contributed by atoms with Gasteiger partial charge in [0.2, 0.25) is 0 Å². The Morgan fingerprint density at radius 3 is 1.31 bits per heavy atom. The number of hydrogen-bond donors (Lipinski definition) is 5. The average Bonchev–Trinajstić information content (AvgIpc) is 1.68. The van der Waals surface area contributed by atoms with E-state index in [-0.39, 0.29) is 133 Å². The molecule has 9 saturated heterocycles. The van der Waals surface area contributed by atoms with E-state index in [1.165, 1.54) is 33.3 Å². The fraction of sp³-hybridized carbons (Fsp3) is 0.690. The SMILES string of the molecule is C.C.C.CC(C)(C)OC(=O)N1C2COCC1C(F)c1oncc12.CC(C)(C)OC(=O)N1C2COCC1C(O)C(=O)C2.CC(C)(C)OC(=O)N1C2COCC1C(O)c1oncc12.CN(C)C(OC(C)(C)C)N(C)C.CO.FC1c2oncc2C2COCC1N2.O=C1CC2COCC(C1)N2Cc1ccccc1.O=C1CC2COCC(C1O)N2Cc1ccccc1. The number of nitrogens with zero attached hydrogens (tertiary/aromatic N) is 10. The van der Waals surface area contributed by atoms with Crippen molar-refractivity contribution in [2.75, 3.05) is 115 Å². The van der Waals surface area contributed by atoms with Crippen molar-refractivity contribution in [2.24, 2.45) is 0 Å². The number of ether oxygens (including phenoxy) is 10. The van der Waals surface area contributed by atoms with E-state index in [9.17, 15) is 52.9 Å². The molecule has 0 aliphatic carbocycles. The molecule has 3 amide bonds. The van der Waals surface area contributed by atoms with Crippen molar-refractivity contribution in [1.29, 1.82) is 0 Å². The van der Waals surface area contributed by atoms with Gasteiger partial charge in [-0.1, -0.05) is 98.4 Å². The molecule has 12 aliphatic rings. The molecule has 12 aliphatic heterocycles. The van der Waals surface area contributed by atoms with Crippen LogP contribution in [0.2, 0.25) is 0 Å². The molecule has 5 aromatic rings. The fourth-order valence-corrected chi connectivity index (χ4v) is 16.2. The summed E-state index contributed by atoms with van der Waals surface area (Å²) in [5.74, 6) is 1.11. The molecule has 0 radical (unpaired) electrons. The van der Waals surface area contributed by atoms with E-state index in [4.69, 9.17) is 66.0 Å². The van der Waals surface area contributed by atoms with Crippen LogP contribution in [0.1, 0.15) is 213 Å². The van der Waals surface area contributed by atoms with E-state index >= 15 is 0 Å². The van der Waals surface area contributed by atoms with Gasteiger partial charge >= 0.3 is 18.3 Å². The van der Waals surface area contributed by atoms with Crippen LogP contribution in [-0.2, 0) is 74.8 Å². The van der Waals surface area contributed by atoms with Crippen molar-refractivity contribution in [3.8, 4) is 0 Å². The second-order valence-corrected chi connectivity index (χ2v) is 35.8. The molecule has 5 N–H and O–H groups in total. The number of Topliss-reactive ketones (excluding diaryl/α,β-unsaturated/α-hetero) is 3. The molecule has 15 heterocycles. The highest BCUT2D eigenvalue weighted by Gasteiger charge is 2.54. The number of nitrogens with one attached hydrogen (secondary N) is 1. The zero-order valence-corrected chi connectivity index (χ0v) is 71.9. The maximum Gasteiger partial charge on any atom is 0.411 e. The topological polar surface area (TPSA) is 388 Å². The van der Waals surface area contributed by atoms with E-state index in [0.29, 0.717) is 101 Å². The Balaban J connectivity index is 0.000000197. The van der Waals surface area contributed by atoms with Crippen LogP contribution < -0.4 is 5.32 Å². The zero-order valence-electron chi connectivity index (χ0n) is 71.9. The first kappa shape index (κ1) is 102. The number of aliphatic hydroxyl groups is 4. The largest absolute Gasteiger partial charge is 0.444 e. The average molecular weight is 1740 g/mol. The van der Waals surface area contributed by atoms with Crippen molar-refractivity contribution in [2.45, 2.75) is 276 Å². The third kappa shape index (κ3) is 26.2. The van der Waals surface area contributed by atoms with Gasteiger partial charge in [-0.3, -0.25) is 54.0 Å². The lowest BCUT2D eigenvalue weighted by molar-refractivity contribution is -0.179. The molecule has 34 nitrogen and oxygen atoms in total. The van der Waals surface area contributed by atoms with Gasteiger partial charge in [-0.15, -0.1) is 0 Å². The molecule has 12 bridgehead atoms. The van der Waals surface area contributed by atoms with Crippen molar-refractivity contribution < 1.29 is 119 Å². The smallest absolute Gasteiger partial charge is 0.411 e. The maximum atomic E-state index is 14.5. The summed E-state index contributed by atoms with van der Waals surface area (Å²) in [6.45, 7) is 28.9. The number of carbonyl (C=O) groups excluding carboxylic acids is 6. The van der Waals surface area contributed by atoms with Crippen molar-refractivity contribution in [3.63, 3.8) is 0 Å². The van der Waals surface area contributed by atoms with Gasteiger partial charge in [-0.2, -0.15) is 0 Å². The number of alkyl halides is 2. The Bertz CT molecular complexity index is 4000. The summed E-state index contributed by atoms with van der Waals surface area (Å²) in [5.41, 5.74) is 2.63. The fourth-order valence-electron chi connectivity index (χ4n) is 16.2. The first-order valence-corrected chi connectivity index (χ1v) is 40.8. The Morgan fingerprint density at radius 1 is 0.455 bits per heavy atom. The number of aromatic nitrogens is 3. The summed E-state index contributed by atoms with van der Waals surface area (Å²) >= 11 is 0. The molecule has 17 unspecified atom stereocenters. The number of rotatable bonds is 7. The van der Waals surface area contributed by atoms with Crippen LogP contribution in [0.3, 0.4) is 0 Å². The van der Waals surface area contributed by atoms with Crippen molar-refractivity contribution in [1.82, 2.24) is 55.1 Å². The second-order valence-electron chi connectivity index (χ2n) is 35.8. The van der Waals surface area contributed by atoms with E-state index in [0.717, 1.165) is 25.8 Å². The van der Waals surface area contributed by atoms with Crippen molar-refractivity contribution >= 4 is 35.6 Å². The molecule has 9 fully saturated rings. The number of piperidine rings is 3. The maximum absolute atomic E-state index is 14.5. The Kier molecular flexibility index (Phi) is 37.0. The summed E-state index contributed by atoms with van der Waals surface area (Å²) in [6, 6.07) is 17.9. The minimum absolute atomic E-state index is 0. The zero-order chi connectivity index (χ0) is 87.5. The number of ketones is 3. The highest BCUT2D eigenvalue weighted by Crippen LogP contribution is 2.46. The van der Waals surface area contributed by atoms with Crippen LogP contribution in [-0.4, -0.2) is 316 Å². The summed E-state index contributed by atoms with van der Waals surface area (Å²) in [6.07, 6.45) is -0.690. The molecule has 2 aromatic carbocycles. The lowest BCUT2D eigenvalue weighted by Crippen LogP contribution is -2.65. The molecule has 0 spiro atoms. The highest BCUT2D eigenvalue weighted by atomic mass is 19.1. The Morgan fingerprint density at radius 2 is 0.829 bits per heavy atom. The number of amides is 3. The van der Waals surface area contributed by atoms with Gasteiger partial charge in [0, 0.05) is 80.7 Å². The predicted molar refractivity (Wildman–Crippen MR) is 447 cm³/mol. The molecule has 36 heteroatoms. The summed E-state index contributed by atoms with van der Waals surface area (Å²) in [4.78, 5) is 84.8. The minimum Gasteiger partial charge on any atom is -0.444 e. The second kappa shape index (κ2) is 44.5. The predicted octanol–water partition coefficient (Wildman–Crippen LogP) is 9.76. The van der Waals surface area contributed by atoms with Crippen molar-refractivity contribution in [3.05, 3.63) is 124 Å². The lowest BCUT2D eigenvalue weighted by atomic mass is 9.90. The molecule has 690 valence electrons. The number of morpholine rings is 6. The van der Waals surface area contributed by atoms with Crippen LogP contribution in [0.15, 0.2) is 92.8 Å². The van der Waals surface area contributed by atoms with Crippen LogP contribution in [0.25, 0.3) is 0 Å². The normalized spacial score (nSPS) is 28.3. The van der Waals surface area contributed by atoms with E-state index in [2.05, 4.69) is 87.8 Å². The van der Waals surface area contributed by atoms with Gasteiger partial charge in [0.15, 0.2) is 47.5 Å². The standard InChI is InChI=1S/C14H17NO3.C14H17NO2.C13H17FN2O4.C13H18N2O5.C12H19NO5.C9H22N2O.C8H9FN2O2.CH4O.3CH4/c16-13-6-11-8-18-9-12(14(13)17)15(11)7-10-4-2-1-3-5-10;16-14-6-12-9-17-10-13(7-14)15(12)8-11-4-2-1-3-5-11;1-13(2,3)19-12(17)16-8-5-18-6-9(16)10(14)11-7(8)4-15-20-11;1-13(2,3)19-12(17)15-8-5-18-6-9(15)10(16)11-7(8)4-14-20-11;1-12(2,3)18-11(16)13-7-4-9(14)10(15)8(13)6-17-5-7;1-9(2,3)12-8(10(4)5)11(6)7;9-7-6-3-12-2-5(11-6)4-1-10-13-8(4)7;1-2;;;/h1-5,11-12,14,17H,6-9H2;1-5,12-13H,6-10H2;4,8-10H,5-6H2,1-3H3;4,8-10,16H,5-6H2,1-3H3;7-8,10,15H,4-6H2,1-3H3;8H,1-7H3;1,5-7,11H,2-3H2;2H,1H3;3*1H4. The molecular formula is C87H135F2N11O23. The van der Waals surface area contributed by atoms with Crippen LogP contribution in [0.4, 0.5) is 23.2 Å². The number of carbonyl (C=O) groups is 6. The van der Waals surface area contributed by atoms with Gasteiger partial charge in [0.05, 0.1) is 158 Å². The minimum atomic E-state index is -1.45. The van der Waals surface area contributed by atoms with E-state index in [1.54, 1.807) is 52.6 Å². The summed E-state index contributed by atoms with van der Waals surface area (Å²) in [5, 5.41) is 51.2. The number of benzene rings is 2. The van der Waals surface area contributed by atoms with Gasteiger partial charge in [0.1, 0.15) is 40.9 Å². The van der Waals surface area contributed by atoms with Gasteiger partial charge in [-0.05, 0) is 122 Å². The first-order valence-electron chi connectivity index (χ1n) is 40.8. The molecular weight excluding hydrogens is 1610 g/mol. The third-order valence-corrected chi connectivity index (χ3v) is 21.5. The van der Waals surface area contributed by atoms with Crippen LogP contribution in [0.5, 0.6) is 0 Å². The number of hydrogen-bond acceptors (Lipinski definition) is 31. The highest BCUT2D eigenvalue weighted by molar-refractivity contribution is 5.87. The monoisotopic (exact) mass is 1740 g/mol. The Hall–Kier alpha value is -7.89.